The average Bonchev–Trinajstić information content (AvgIpc) is 3.27. The fourth-order valence-electron chi connectivity index (χ4n) is 5.42. The van der Waals surface area contributed by atoms with Crippen molar-refractivity contribution in [1.82, 2.24) is 14.8 Å². The smallest absolute Gasteiger partial charge is 0.226 e. The van der Waals surface area contributed by atoms with E-state index in [9.17, 15) is 4.79 Å². The van der Waals surface area contributed by atoms with Gasteiger partial charge in [-0.05, 0) is 62.9 Å². The molecule has 1 unspecified atom stereocenters. The lowest BCUT2D eigenvalue weighted by Crippen LogP contribution is -2.36. The Morgan fingerprint density at radius 3 is 2.47 bits per heavy atom. The molecule has 2 aliphatic rings. The predicted octanol–water partition coefficient (Wildman–Crippen LogP) is 5.85. The van der Waals surface area contributed by atoms with Gasteiger partial charge < -0.3 is 15.0 Å². The number of allylic oxidation sites excluding steroid dienone is 2. The first-order valence-corrected chi connectivity index (χ1v) is 12.9. The third-order valence-electron chi connectivity index (χ3n) is 7.10. The zero-order valence-electron chi connectivity index (χ0n) is 21.8. The summed E-state index contributed by atoms with van der Waals surface area (Å²) in [6.45, 7) is 13.0. The van der Waals surface area contributed by atoms with Crippen LogP contribution in [0.3, 0.4) is 0 Å². The van der Waals surface area contributed by atoms with E-state index < -0.39 is 6.04 Å². The second kappa shape index (κ2) is 9.45. The van der Waals surface area contributed by atoms with Gasteiger partial charge in [-0.2, -0.15) is 4.98 Å². The van der Waals surface area contributed by atoms with Gasteiger partial charge in [-0.1, -0.05) is 32.0 Å². The summed E-state index contributed by atoms with van der Waals surface area (Å²) in [6.07, 6.45) is 1.28. The summed E-state index contributed by atoms with van der Waals surface area (Å²) >= 11 is 0. The molecule has 36 heavy (non-hydrogen) atoms. The fraction of sp³-hybridized carbons (Fsp3) is 0.414. The van der Waals surface area contributed by atoms with Crippen LogP contribution in [0, 0.1) is 5.41 Å². The Morgan fingerprint density at radius 1 is 1.06 bits per heavy atom. The van der Waals surface area contributed by atoms with Gasteiger partial charge in [0.05, 0.1) is 6.61 Å². The zero-order valence-corrected chi connectivity index (χ0v) is 21.8. The van der Waals surface area contributed by atoms with Crippen molar-refractivity contribution < 1.29 is 9.53 Å². The molecule has 2 heterocycles. The van der Waals surface area contributed by atoms with Crippen LogP contribution in [0.1, 0.15) is 59.1 Å². The molecule has 188 valence electrons. The molecule has 3 aromatic rings. The Bertz CT molecular complexity index is 1300. The van der Waals surface area contributed by atoms with Crippen LogP contribution in [0.5, 0.6) is 5.75 Å². The molecule has 5 rings (SSSR count). The molecule has 1 aliphatic heterocycles. The highest BCUT2D eigenvalue weighted by Crippen LogP contribution is 2.47. The summed E-state index contributed by atoms with van der Waals surface area (Å²) in [5.41, 5.74) is 4.64. The summed E-state index contributed by atoms with van der Waals surface area (Å²) in [5.74, 6) is 2.20. The van der Waals surface area contributed by atoms with Gasteiger partial charge in [0.2, 0.25) is 5.95 Å². The summed E-state index contributed by atoms with van der Waals surface area (Å²) in [7, 11) is 0. The number of ether oxygens (including phenoxy) is 1. The summed E-state index contributed by atoms with van der Waals surface area (Å²) in [4.78, 5) is 20.7. The highest BCUT2D eigenvalue weighted by molar-refractivity contribution is 6.00. The van der Waals surface area contributed by atoms with Gasteiger partial charge in [-0.15, -0.1) is 5.10 Å². The topological polar surface area (TPSA) is 72.3 Å². The van der Waals surface area contributed by atoms with Crippen LogP contribution in [0.2, 0.25) is 0 Å². The standard InChI is InChI=1S/C29H35N5O2/c1-6-33(7-2)20-15-13-19(14-16-20)27-31-28-30-22-17-29(4,5)18-23(35)25(22)26(34(28)32-27)21-11-9-10-12-24(21)36-8-3/h9-16,26H,6-8,17-18H2,1-5H3,(H,30,31,32). The van der Waals surface area contributed by atoms with E-state index in [1.165, 1.54) is 5.69 Å². The number of carbonyl (C=O) groups is 1. The van der Waals surface area contributed by atoms with E-state index in [1.807, 2.05) is 35.9 Å². The van der Waals surface area contributed by atoms with Gasteiger partial charge >= 0.3 is 0 Å². The van der Waals surface area contributed by atoms with Gasteiger partial charge in [0, 0.05) is 47.6 Å². The normalized spacial score (nSPS) is 18.4. The zero-order chi connectivity index (χ0) is 25.4. The Morgan fingerprint density at radius 2 is 1.78 bits per heavy atom. The highest BCUT2D eigenvalue weighted by Gasteiger charge is 2.42. The van der Waals surface area contributed by atoms with E-state index in [4.69, 9.17) is 14.8 Å². The maximum atomic E-state index is 13.5. The molecular weight excluding hydrogens is 450 g/mol. The van der Waals surface area contributed by atoms with Crippen molar-refractivity contribution >= 4 is 17.4 Å². The first kappa shape index (κ1) is 24.1. The number of hydrogen-bond acceptors (Lipinski definition) is 6. The molecule has 1 aliphatic carbocycles. The molecule has 7 nitrogen and oxygen atoms in total. The Hall–Kier alpha value is -3.61. The quantitative estimate of drug-likeness (QED) is 0.453. The summed E-state index contributed by atoms with van der Waals surface area (Å²) in [5, 5.41) is 8.42. The van der Waals surface area contributed by atoms with Crippen molar-refractivity contribution in [3.8, 4) is 17.1 Å². The van der Waals surface area contributed by atoms with Crippen LogP contribution >= 0.6 is 0 Å². The number of nitrogens with zero attached hydrogens (tertiary/aromatic N) is 4. The highest BCUT2D eigenvalue weighted by atomic mass is 16.5. The van der Waals surface area contributed by atoms with Crippen molar-refractivity contribution in [1.29, 1.82) is 0 Å². The molecule has 0 saturated heterocycles. The summed E-state index contributed by atoms with van der Waals surface area (Å²) < 4.78 is 7.85. The number of hydrogen-bond donors (Lipinski definition) is 1. The van der Waals surface area contributed by atoms with Gasteiger partial charge in [-0.25, -0.2) is 4.68 Å². The van der Waals surface area contributed by atoms with E-state index in [1.54, 1.807) is 0 Å². The third-order valence-corrected chi connectivity index (χ3v) is 7.10. The molecule has 0 bridgehead atoms. The van der Waals surface area contributed by atoms with Crippen molar-refractivity contribution in [3.63, 3.8) is 0 Å². The van der Waals surface area contributed by atoms with Gasteiger partial charge in [0.1, 0.15) is 11.8 Å². The minimum Gasteiger partial charge on any atom is -0.494 e. The molecule has 1 atom stereocenters. The number of ketones is 1. The van der Waals surface area contributed by atoms with E-state index in [0.717, 1.165) is 47.7 Å². The van der Waals surface area contributed by atoms with Gasteiger partial charge in [0.25, 0.3) is 0 Å². The lowest BCUT2D eigenvalue weighted by Gasteiger charge is -2.38. The number of rotatable bonds is 7. The van der Waals surface area contributed by atoms with E-state index in [-0.39, 0.29) is 11.2 Å². The van der Waals surface area contributed by atoms with Gasteiger partial charge in [0.15, 0.2) is 11.6 Å². The summed E-state index contributed by atoms with van der Waals surface area (Å²) in [6, 6.07) is 15.9. The van der Waals surface area contributed by atoms with Crippen molar-refractivity contribution in [2.45, 2.75) is 53.5 Å². The Kier molecular flexibility index (Phi) is 6.33. The SMILES string of the molecule is CCOc1ccccc1C1C2=C(CC(C)(C)CC2=O)Nc2nc(-c3ccc(N(CC)CC)cc3)nn21. The second-order valence-electron chi connectivity index (χ2n) is 10.3. The molecule has 7 heteroatoms. The van der Waals surface area contributed by atoms with Crippen molar-refractivity contribution in [2.75, 3.05) is 29.9 Å². The monoisotopic (exact) mass is 485 g/mol. The maximum absolute atomic E-state index is 13.5. The number of Topliss-reactive ketones (excluding diaryl/α,β-unsaturated/α-hetero) is 1. The molecule has 1 aromatic heterocycles. The molecule has 0 saturated carbocycles. The second-order valence-corrected chi connectivity index (χ2v) is 10.3. The average molecular weight is 486 g/mol. The Labute approximate surface area is 213 Å². The van der Waals surface area contributed by atoms with E-state index in [2.05, 4.69) is 62.2 Å². The van der Waals surface area contributed by atoms with Crippen LogP contribution in [0.25, 0.3) is 11.4 Å². The molecule has 0 amide bonds. The number of carbonyl (C=O) groups excluding carboxylic acids is 1. The van der Waals surface area contributed by atoms with Crippen LogP contribution < -0.4 is 15.0 Å². The Balaban J connectivity index is 1.62. The molecule has 0 radical (unpaired) electrons. The number of anilines is 2. The lowest BCUT2D eigenvalue weighted by atomic mass is 9.73. The van der Waals surface area contributed by atoms with Gasteiger partial charge in [-0.3, -0.25) is 4.79 Å². The molecular formula is C29H35N5O2. The van der Waals surface area contributed by atoms with Crippen molar-refractivity contribution in [2.24, 2.45) is 5.41 Å². The molecule has 0 spiro atoms. The third kappa shape index (κ3) is 4.27. The maximum Gasteiger partial charge on any atom is 0.226 e. The number of fused-ring (bicyclic) bond motifs is 1. The fourth-order valence-corrected chi connectivity index (χ4v) is 5.42. The molecule has 2 aromatic carbocycles. The number of nitrogens with one attached hydrogen (secondary N) is 1. The van der Waals surface area contributed by atoms with Crippen LogP contribution in [-0.2, 0) is 4.79 Å². The minimum atomic E-state index is -0.390. The minimum absolute atomic E-state index is 0.113. The van der Waals surface area contributed by atoms with Crippen LogP contribution in [-0.4, -0.2) is 40.2 Å². The molecule has 0 fully saturated rings. The van der Waals surface area contributed by atoms with Crippen LogP contribution in [0.4, 0.5) is 11.6 Å². The van der Waals surface area contributed by atoms with E-state index in [0.29, 0.717) is 24.8 Å². The molecule has 1 N–H and O–H groups in total. The lowest BCUT2D eigenvalue weighted by molar-refractivity contribution is -0.118. The predicted molar refractivity (Wildman–Crippen MR) is 143 cm³/mol. The van der Waals surface area contributed by atoms with Crippen LogP contribution in [0.15, 0.2) is 59.8 Å². The van der Waals surface area contributed by atoms with E-state index >= 15 is 0 Å². The number of aromatic nitrogens is 3. The largest absolute Gasteiger partial charge is 0.494 e. The van der Waals surface area contributed by atoms with Crippen molar-refractivity contribution in [3.05, 3.63) is 65.4 Å². The number of benzene rings is 2. The number of para-hydroxylation sites is 1. The first-order chi connectivity index (χ1) is 17.3. The first-order valence-electron chi connectivity index (χ1n) is 12.9.